The number of hydrogen-bond acceptors (Lipinski definition) is 16. The maximum absolute atomic E-state index is 15.9. The number of hydrogen-bond donors (Lipinski definition) is 3. The highest BCUT2D eigenvalue weighted by Gasteiger charge is 2.55. The van der Waals surface area contributed by atoms with Crippen molar-refractivity contribution in [2.24, 2.45) is 0 Å². The zero-order chi connectivity index (χ0) is 30.0. The summed E-state index contributed by atoms with van der Waals surface area (Å²) in [5.74, 6) is 0.134. The van der Waals surface area contributed by atoms with Crippen LogP contribution in [0.25, 0.3) is 22.3 Å². The van der Waals surface area contributed by atoms with Gasteiger partial charge in [0.05, 0.1) is 19.3 Å². The van der Waals surface area contributed by atoms with Crippen molar-refractivity contribution >= 4 is 60.7 Å². The molecule has 2 bridgehead atoms. The van der Waals surface area contributed by atoms with Crippen molar-refractivity contribution in [1.82, 2.24) is 39.0 Å². The molecule has 0 spiro atoms. The third-order valence-corrected chi connectivity index (χ3v) is 9.40. The highest BCUT2D eigenvalue weighted by molar-refractivity contribution is 8.07. The quantitative estimate of drug-likeness (QED) is 0.254. The number of rotatable bonds is 2. The van der Waals surface area contributed by atoms with Gasteiger partial charge in [0, 0.05) is 4.57 Å². The van der Waals surface area contributed by atoms with E-state index in [0.717, 1.165) is 0 Å². The Labute approximate surface area is 244 Å². The number of alkyl halides is 2. The fourth-order valence-electron chi connectivity index (χ4n) is 5.07. The maximum Gasteiger partial charge on any atom is 0.698 e. The fourth-order valence-corrected chi connectivity index (χ4v) is 7.26. The van der Waals surface area contributed by atoms with E-state index in [1.165, 1.54) is 34.4 Å². The molecule has 0 radical (unpaired) electrons. The molecule has 7 rings (SSSR count). The van der Waals surface area contributed by atoms with Crippen molar-refractivity contribution in [3.05, 3.63) is 25.3 Å². The van der Waals surface area contributed by atoms with E-state index in [1.807, 2.05) is 0 Å². The molecule has 23 heteroatoms. The first kappa shape index (κ1) is 28.8. The molecule has 0 aromatic carbocycles. The van der Waals surface area contributed by atoms with E-state index in [2.05, 4.69) is 29.9 Å². The number of fused-ring (bicyclic) bond motifs is 5. The lowest BCUT2D eigenvalue weighted by Gasteiger charge is -2.25. The third kappa shape index (κ3) is 5.04. The van der Waals surface area contributed by atoms with Crippen LogP contribution in [0.15, 0.2) is 25.3 Å². The van der Waals surface area contributed by atoms with Crippen LogP contribution in [-0.4, -0.2) is 93.9 Å². The number of halogens is 2. The van der Waals surface area contributed by atoms with Crippen LogP contribution >= 0.6 is 15.0 Å². The van der Waals surface area contributed by atoms with Crippen LogP contribution in [-0.2, 0) is 43.9 Å². The summed E-state index contributed by atoms with van der Waals surface area (Å²) in [6, 6.07) is 0. The monoisotopic (exact) mass is 661 g/mol. The van der Waals surface area contributed by atoms with Gasteiger partial charge < -0.3 is 30.4 Å². The van der Waals surface area contributed by atoms with Crippen molar-refractivity contribution in [2.45, 2.75) is 49.2 Å². The molecule has 43 heavy (non-hydrogen) atoms. The van der Waals surface area contributed by atoms with Crippen molar-refractivity contribution in [1.29, 1.82) is 0 Å². The van der Waals surface area contributed by atoms with Crippen LogP contribution in [0, 0.1) is 0 Å². The summed E-state index contributed by atoms with van der Waals surface area (Å²) < 4.78 is 80.5. The molecule has 3 fully saturated rings. The van der Waals surface area contributed by atoms with Gasteiger partial charge in [0.15, 0.2) is 53.8 Å². The molecule has 4 aromatic heterocycles. The van der Waals surface area contributed by atoms with E-state index < -0.39 is 77.4 Å². The second-order valence-corrected chi connectivity index (χ2v) is 13.3. The maximum atomic E-state index is 15.9. The molecular formula is C20H21F2N10O8P2S+. The van der Waals surface area contributed by atoms with Gasteiger partial charge in [0.25, 0.3) is 0 Å². The van der Waals surface area contributed by atoms with E-state index in [9.17, 15) is 9.46 Å². The summed E-state index contributed by atoms with van der Waals surface area (Å²) in [5.41, 5.74) is 12.5. The minimum absolute atomic E-state index is 0.0635. The highest BCUT2D eigenvalue weighted by atomic mass is 32.5. The summed E-state index contributed by atoms with van der Waals surface area (Å²) in [6.45, 7) is -5.46. The summed E-state index contributed by atoms with van der Waals surface area (Å²) in [5, 5.41) is 0. The van der Waals surface area contributed by atoms with E-state index in [4.69, 9.17) is 50.8 Å². The summed E-state index contributed by atoms with van der Waals surface area (Å²) in [6.07, 6.45) is -7.54. The van der Waals surface area contributed by atoms with E-state index in [0.29, 0.717) is 0 Å². The Morgan fingerprint density at radius 1 is 0.884 bits per heavy atom. The van der Waals surface area contributed by atoms with E-state index >= 15 is 8.78 Å². The first-order valence-electron chi connectivity index (χ1n) is 12.5. The summed E-state index contributed by atoms with van der Waals surface area (Å²) in [4.78, 5) is 35.0. The van der Waals surface area contributed by atoms with Gasteiger partial charge >= 0.3 is 15.0 Å². The third-order valence-electron chi connectivity index (χ3n) is 7.06. The Kier molecular flexibility index (Phi) is 7.28. The molecule has 0 saturated carbocycles. The van der Waals surface area contributed by atoms with Crippen LogP contribution in [0.3, 0.4) is 0 Å². The number of nitrogens with zero attached hydrogens (tertiary/aromatic N) is 8. The predicted octanol–water partition coefficient (Wildman–Crippen LogP) is 0.993. The van der Waals surface area contributed by atoms with Crippen LogP contribution in [0.5, 0.6) is 0 Å². The second kappa shape index (κ2) is 10.9. The average molecular weight is 661 g/mol. The largest absolute Gasteiger partial charge is 0.698 e. The number of nitrogens with two attached hydrogens (primary N) is 2. The summed E-state index contributed by atoms with van der Waals surface area (Å²) >= 11 is 5.12. The SMILES string of the molecule is Nc1ncnc2c1ncn2[C@@H]1O[C@@H]2CO[P+](=O)O[C@@H]3[C@H](F)[C@@H](COP(O)(=S)O[C@H]2[C@H]1F)O[C@H]3n1cnc2c(N)ncnc21. The van der Waals surface area contributed by atoms with Gasteiger partial charge in [-0.25, -0.2) is 38.7 Å². The Morgan fingerprint density at radius 2 is 1.49 bits per heavy atom. The van der Waals surface area contributed by atoms with Crippen LogP contribution in [0.2, 0.25) is 0 Å². The molecule has 3 saturated heterocycles. The number of ether oxygens (including phenoxy) is 2. The van der Waals surface area contributed by atoms with Gasteiger partial charge in [-0.2, -0.15) is 0 Å². The van der Waals surface area contributed by atoms with Gasteiger partial charge in [-0.3, -0.25) is 13.7 Å². The molecule has 3 aliphatic rings. The first-order chi connectivity index (χ1) is 20.6. The zero-order valence-corrected chi connectivity index (χ0v) is 24.0. The van der Waals surface area contributed by atoms with E-state index in [-0.39, 0.29) is 34.0 Å². The van der Waals surface area contributed by atoms with Gasteiger partial charge in [-0.1, -0.05) is 0 Å². The topological polar surface area (TPSA) is 232 Å². The molecule has 18 nitrogen and oxygen atoms in total. The predicted molar refractivity (Wildman–Crippen MR) is 143 cm³/mol. The lowest BCUT2D eigenvalue weighted by atomic mass is 10.1. The Bertz CT molecular complexity index is 1770. The number of aromatic nitrogens is 8. The molecule has 4 aromatic rings. The van der Waals surface area contributed by atoms with Crippen LogP contribution in [0.4, 0.5) is 20.4 Å². The smallest absolute Gasteiger partial charge is 0.382 e. The average Bonchev–Trinajstić information content (AvgIpc) is 3.73. The van der Waals surface area contributed by atoms with Crippen LogP contribution in [0.1, 0.15) is 12.5 Å². The standard InChI is InChI=1S/C20H20F2N10O8P2S/c21-9-7-2-36-42(34,43)40-13-8(38-19(10(13)22)31-5-29-11-15(23)25-3-27-17(11)31)1-35-41(33)39-14(9)20(37-7)32-6-30-12-16(24)26-4-28-18(12)32/h3-10,13-14,19-20H,1-2H2,(H4-,23,24,25,26,27,28,34,43)/p+1/t7-,8-,9-,10-,13-,14-,19-,20-,42?/m1/s1. The molecule has 7 heterocycles. The van der Waals surface area contributed by atoms with Crippen molar-refractivity contribution < 1.29 is 45.8 Å². The van der Waals surface area contributed by atoms with Gasteiger partial charge in [-0.05, 0) is 11.8 Å². The first-order valence-corrected chi connectivity index (χ1v) is 16.2. The zero-order valence-electron chi connectivity index (χ0n) is 21.4. The lowest BCUT2D eigenvalue weighted by molar-refractivity contribution is -0.0573. The Morgan fingerprint density at radius 3 is 2.14 bits per heavy atom. The lowest BCUT2D eigenvalue weighted by Crippen LogP contribution is -2.34. The molecule has 5 N–H and O–H groups in total. The molecule has 0 amide bonds. The normalized spacial score (nSPS) is 36.3. The molecular weight excluding hydrogens is 640 g/mol. The van der Waals surface area contributed by atoms with Crippen molar-refractivity contribution in [3.63, 3.8) is 0 Å². The summed E-state index contributed by atoms with van der Waals surface area (Å²) in [7, 11) is -3.04. The van der Waals surface area contributed by atoms with Crippen molar-refractivity contribution in [2.75, 3.05) is 24.7 Å². The molecule has 10 atom stereocenters. The minimum Gasteiger partial charge on any atom is -0.382 e. The Hall–Kier alpha value is -2.97. The number of imidazole rings is 2. The number of nitrogen functional groups attached to an aromatic ring is 2. The molecule has 3 aliphatic heterocycles. The van der Waals surface area contributed by atoms with Gasteiger partial charge in [0.2, 0.25) is 0 Å². The van der Waals surface area contributed by atoms with E-state index in [1.54, 1.807) is 0 Å². The van der Waals surface area contributed by atoms with Gasteiger partial charge in [-0.15, -0.1) is 9.05 Å². The second-order valence-electron chi connectivity index (χ2n) is 9.61. The van der Waals surface area contributed by atoms with Crippen LogP contribution < -0.4 is 11.5 Å². The fraction of sp³-hybridized carbons (Fsp3) is 0.500. The van der Waals surface area contributed by atoms with Gasteiger partial charge in [0.1, 0.15) is 48.6 Å². The van der Waals surface area contributed by atoms with Crippen molar-refractivity contribution in [3.8, 4) is 0 Å². The minimum atomic E-state index is -4.25. The molecule has 0 aliphatic carbocycles. The Balaban J connectivity index is 1.18. The molecule has 228 valence electrons. The highest BCUT2D eigenvalue weighted by Crippen LogP contribution is 2.52. The molecule has 2 unspecified atom stereocenters. The number of anilines is 2.